The van der Waals surface area contributed by atoms with Crippen molar-refractivity contribution in [1.82, 2.24) is 5.32 Å². The summed E-state index contributed by atoms with van der Waals surface area (Å²) >= 11 is 0. The minimum Gasteiger partial charge on any atom is -0.449 e. The third-order valence-electron chi connectivity index (χ3n) is 1.60. The fourth-order valence-corrected chi connectivity index (χ4v) is 0.859. The van der Waals surface area contributed by atoms with Gasteiger partial charge in [0.2, 0.25) is 0 Å². The fraction of sp³-hybridized carbons (Fsp3) is 0.900. The summed E-state index contributed by atoms with van der Waals surface area (Å²) in [4.78, 5) is 11.0. The molecule has 13 heavy (non-hydrogen) atoms. The van der Waals surface area contributed by atoms with Crippen molar-refractivity contribution in [3.63, 3.8) is 0 Å². The lowest BCUT2D eigenvalue weighted by Crippen LogP contribution is -2.26. The zero-order valence-corrected chi connectivity index (χ0v) is 8.93. The van der Waals surface area contributed by atoms with Gasteiger partial charge in [-0.2, -0.15) is 0 Å². The van der Waals surface area contributed by atoms with Crippen molar-refractivity contribution >= 4 is 6.09 Å². The molecule has 0 fully saturated rings. The second kappa shape index (κ2) is 7.90. The molecular weight excluding hydrogens is 166 g/mol. The van der Waals surface area contributed by atoms with Crippen molar-refractivity contribution < 1.29 is 9.53 Å². The molecule has 1 amide bonds. The molecule has 0 radical (unpaired) electrons. The number of carbonyl (C=O) groups is 1. The standard InChI is InChI=1S/C10H21NO2/c1-4-5-6-7-11-10(12)13-8-9(2)3/h9H,4-8H2,1-3H3,(H,11,12). The highest BCUT2D eigenvalue weighted by Crippen LogP contribution is 1.94. The number of carbonyl (C=O) groups excluding carboxylic acids is 1. The van der Waals surface area contributed by atoms with Crippen molar-refractivity contribution in [3.8, 4) is 0 Å². The first kappa shape index (κ1) is 12.3. The predicted molar refractivity (Wildman–Crippen MR) is 53.7 cm³/mol. The van der Waals surface area contributed by atoms with Crippen molar-refractivity contribution in [3.05, 3.63) is 0 Å². The molecule has 0 saturated carbocycles. The van der Waals surface area contributed by atoms with Crippen LogP contribution in [0, 0.1) is 5.92 Å². The third kappa shape index (κ3) is 9.18. The molecule has 0 unspecified atom stereocenters. The summed E-state index contributed by atoms with van der Waals surface area (Å²) in [5, 5.41) is 2.71. The SMILES string of the molecule is CCCCCNC(=O)OCC(C)C. The highest BCUT2D eigenvalue weighted by atomic mass is 16.5. The second-order valence-corrected chi connectivity index (χ2v) is 3.63. The number of nitrogens with one attached hydrogen (secondary N) is 1. The van der Waals surface area contributed by atoms with Crippen molar-refractivity contribution in [2.45, 2.75) is 40.0 Å². The monoisotopic (exact) mass is 187 g/mol. The van der Waals surface area contributed by atoms with E-state index in [9.17, 15) is 4.79 Å². The van der Waals surface area contributed by atoms with Crippen LogP contribution in [0.4, 0.5) is 4.79 Å². The van der Waals surface area contributed by atoms with Crippen LogP contribution >= 0.6 is 0 Å². The molecule has 0 rings (SSSR count). The van der Waals surface area contributed by atoms with E-state index >= 15 is 0 Å². The maximum Gasteiger partial charge on any atom is 0.407 e. The van der Waals surface area contributed by atoms with Crippen LogP contribution in [0.1, 0.15) is 40.0 Å². The number of amides is 1. The highest BCUT2D eigenvalue weighted by Gasteiger charge is 2.01. The number of ether oxygens (including phenoxy) is 1. The normalized spacial score (nSPS) is 10.2. The van der Waals surface area contributed by atoms with E-state index in [-0.39, 0.29) is 6.09 Å². The van der Waals surface area contributed by atoms with E-state index in [1.807, 2.05) is 13.8 Å². The molecule has 0 atom stereocenters. The molecule has 0 spiro atoms. The quantitative estimate of drug-likeness (QED) is 0.649. The van der Waals surface area contributed by atoms with Gasteiger partial charge in [0, 0.05) is 6.54 Å². The Kier molecular flexibility index (Phi) is 7.45. The minimum atomic E-state index is -0.287. The summed E-state index contributed by atoms with van der Waals surface area (Å²) in [6.45, 7) is 7.40. The van der Waals surface area contributed by atoms with Crippen LogP contribution in [0.15, 0.2) is 0 Å². The van der Waals surface area contributed by atoms with E-state index < -0.39 is 0 Å². The van der Waals surface area contributed by atoms with Gasteiger partial charge < -0.3 is 10.1 Å². The van der Waals surface area contributed by atoms with Gasteiger partial charge in [-0.25, -0.2) is 4.79 Å². The lowest BCUT2D eigenvalue weighted by atomic mass is 10.2. The van der Waals surface area contributed by atoms with E-state index in [0.29, 0.717) is 12.5 Å². The van der Waals surface area contributed by atoms with Crippen LogP contribution in [0.5, 0.6) is 0 Å². The molecule has 3 heteroatoms. The Bertz CT molecular complexity index is 135. The molecule has 0 aromatic rings. The first-order valence-corrected chi connectivity index (χ1v) is 5.07. The van der Waals surface area contributed by atoms with Gasteiger partial charge in [-0.15, -0.1) is 0 Å². The molecular formula is C10H21NO2. The predicted octanol–water partition coefficient (Wildman–Crippen LogP) is 2.56. The number of hydrogen-bond acceptors (Lipinski definition) is 2. The average Bonchev–Trinajstić information content (AvgIpc) is 2.09. The lowest BCUT2D eigenvalue weighted by molar-refractivity contribution is 0.133. The Hall–Kier alpha value is -0.730. The molecule has 0 saturated heterocycles. The zero-order valence-electron chi connectivity index (χ0n) is 8.93. The molecule has 0 aliphatic rings. The van der Waals surface area contributed by atoms with Gasteiger partial charge >= 0.3 is 6.09 Å². The summed E-state index contributed by atoms with van der Waals surface area (Å²) in [5.74, 6) is 0.404. The number of unbranched alkanes of at least 4 members (excludes halogenated alkanes) is 2. The Morgan fingerprint density at radius 2 is 2.08 bits per heavy atom. The van der Waals surface area contributed by atoms with Crippen LogP contribution in [0.2, 0.25) is 0 Å². The van der Waals surface area contributed by atoms with Crippen LogP contribution in [0.3, 0.4) is 0 Å². The number of hydrogen-bond donors (Lipinski definition) is 1. The number of rotatable bonds is 6. The Balaban J connectivity index is 3.20. The molecule has 0 aromatic heterocycles. The lowest BCUT2D eigenvalue weighted by Gasteiger charge is -2.08. The molecule has 0 aromatic carbocycles. The van der Waals surface area contributed by atoms with Gasteiger partial charge in [0.05, 0.1) is 6.61 Å². The topological polar surface area (TPSA) is 38.3 Å². The van der Waals surface area contributed by atoms with E-state index in [1.54, 1.807) is 0 Å². The average molecular weight is 187 g/mol. The zero-order chi connectivity index (χ0) is 10.1. The molecule has 0 aliphatic carbocycles. The van der Waals surface area contributed by atoms with Crippen LogP contribution in [-0.2, 0) is 4.74 Å². The summed E-state index contributed by atoms with van der Waals surface area (Å²) in [6, 6.07) is 0. The van der Waals surface area contributed by atoms with Gasteiger partial charge in [0.25, 0.3) is 0 Å². The van der Waals surface area contributed by atoms with Gasteiger partial charge in [0.15, 0.2) is 0 Å². The molecule has 0 bridgehead atoms. The fourth-order valence-electron chi connectivity index (χ4n) is 0.859. The van der Waals surface area contributed by atoms with Crippen molar-refractivity contribution in [2.75, 3.05) is 13.2 Å². The first-order chi connectivity index (χ1) is 6.16. The van der Waals surface area contributed by atoms with Gasteiger partial charge in [0.1, 0.15) is 0 Å². The molecule has 0 heterocycles. The van der Waals surface area contributed by atoms with Crippen LogP contribution in [0.25, 0.3) is 0 Å². The van der Waals surface area contributed by atoms with Gasteiger partial charge in [-0.3, -0.25) is 0 Å². The smallest absolute Gasteiger partial charge is 0.407 e. The molecule has 1 N–H and O–H groups in total. The Labute approximate surface area is 80.8 Å². The van der Waals surface area contributed by atoms with Gasteiger partial charge in [-0.1, -0.05) is 33.6 Å². The Morgan fingerprint density at radius 1 is 1.38 bits per heavy atom. The van der Waals surface area contributed by atoms with E-state index in [4.69, 9.17) is 4.74 Å². The van der Waals surface area contributed by atoms with E-state index in [1.165, 1.54) is 6.42 Å². The summed E-state index contributed by atoms with van der Waals surface area (Å²) < 4.78 is 4.93. The highest BCUT2D eigenvalue weighted by molar-refractivity contribution is 5.66. The Morgan fingerprint density at radius 3 is 2.62 bits per heavy atom. The third-order valence-corrected chi connectivity index (χ3v) is 1.60. The van der Waals surface area contributed by atoms with E-state index in [2.05, 4.69) is 12.2 Å². The van der Waals surface area contributed by atoms with Crippen molar-refractivity contribution in [1.29, 1.82) is 0 Å². The maximum atomic E-state index is 11.0. The summed E-state index contributed by atoms with van der Waals surface area (Å²) in [6.07, 6.45) is 3.07. The van der Waals surface area contributed by atoms with Gasteiger partial charge in [-0.05, 0) is 12.3 Å². The van der Waals surface area contributed by atoms with Crippen LogP contribution < -0.4 is 5.32 Å². The second-order valence-electron chi connectivity index (χ2n) is 3.63. The van der Waals surface area contributed by atoms with Crippen molar-refractivity contribution in [2.24, 2.45) is 5.92 Å². The minimum absolute atomic E-state index is 0.287. The first-order valence-electron chi connectivity index (χ1n) is 5.07. The number of alkyl carbamates (subject to hydrolysis) is 1. The maximum absolute atomic E-state index is 11.0. The molecule has 0 aliphatic heterocycles. The largest absolute Gasteiger partial charge is 0.449 e. The molecule has 3 nitrogen and oxygen atoms in total. The van der Waals surface area contributed by atoms with E-state index in [0.717, 1.165) is 19.4 Å². The summed E-state index contributed by atoms with van der Waals surface area (Å²) in [5.41, 5.74) is 0. The molecule has 78 valence electrons. The van der Waals surface area contributed by atoms with Crippen LogP contribution in [-0.4, -0.2) is 19.2 Å². The summed E-state index contributed by atoms with van der Waals surface area (Å²) in [7, 11) is 0.